The van der Waals surface area contributed by atoms with Gasteiger partial charge in [0.1, 0.15) is 12.4 Å². The van der Waals surface area contributed by atoms with Crippen molar-refractivity contribution in [3.8, 4) is 5.75 Å². The summed E-state index contributed by atoms with van der Waals surface area (Å²) in [6.07, 6.45) is 1.52. The van der Waals surface area contributed by atoms with Crippen LogP contribution in [0.2, 0.25) is 0 Å². The van der Waals surface area contributed by atoms with Crippen LogP contribution in [0, 0.1) is 17.0 Å². The third-order valence-corrected chi connectivity index (χ3v) is 2.78. The molecule has 0 saturated carbocycles. The molecule has 0 fully saturated rings. The summed E-state index contributed by atoms with van der Waals surface area (Å²) in [4.78, 5) is 14.7. The Labute approximate surface area is 110 Å². The van der Waals surface area contributed by atoms with Crippen LogP contribution in [-0.2, 0) is 0 Å². The first-order chi connectivity index (χ1) is 9.13. The highest BCUT2D eigenvalue weighted by molar-refractivity contribution is 5.95. The van der Waals surface area contributed by atoms with Gasteiger partial charge in [0.15, 0.2) is 0 Å². The number of nitro groups is 1. The molecule has 2 rings (SSSR count). The first-order valence-electron chi connectivity index (χ1n) is 5.94. The number of hydrogen-bond acceptors (Lipinski definition) is 5. The first-order valence-corrected chi connectivity index (χ1v) is 5.94. The van der Waals surface area contributed by atoms with Crippen molar-refractivity contribution in [2.45, 2.75) is 6.92 Å². The topological polar surface area (TPSA) is 77.3 Å². The van der Waals surface area contributed by atoms with Gasteiger partial charge < -0.3 is 10.1 Å². The van der Waals surface area contributed by atoms with Crippen molar-refractivity contribution in [2.24, 2.45) is 0 Å². The van der Waals surface area contributed by atoms with E-state index in [2.05, 4.69) is 10.3 Å². The van der Waals surface area contributed by atoms with Crippen LogP contribution in [0.25, 0.3) is 10.8 Å². The van der Waals surface area contributed by atoms with Gasteiger partial charge in [-0.15, -0.1) is 0 Å². The van der Waals surface area contributed by atoms with E-state index in [0.717, 1.165) is 11.1 Å². The number of rotatable bonds is 5. The Bertz CT molecular complexity index is 613. The molecular formula is C13H15N3O3. The molecule has 6 nitrogen and oxygen atoms in total. The molecule has 0 radical (unpaired) electrons. The zero-order valence-electron chi connectivity index (χ0n) is 10.8. The zero-order chi connectivity index (χ0) is 13.8. The second kappa shape index (κ2) is 5.62. The molecule has 100 valence electrons. The summed E-state index contributed by atoms with van der Waals surface area (Å²) in [5, 5.41) is 15.2. The number of nitrogens with one attached hydrogen (secondary N) is 1. The fourth-order valence-corrected chi connectivity index (χ4v) is 1.85. The minimum Gasteiger partial charge on any atom is -0.492 e. The third kappa shape index (κ3) is 2.79. The van der Waals surface area contributed by atoms with Crippen LogP contribution >= 0.6 is 0 Å². The van der Waals surface area contributed by atoms with Gasteiger partial charge in [0.05, 0.1) is 10.3 Å². The molecule has 0 aliphatic carbocycles. The molecule has 0 atom stereocenters. The minimum atomic E-state index is -0.406. The second-order valence-corrected chi connectivity index (χ2v) is 4.16. The average molecular weight is 261 g/mol. The van der Waals surface area contributed by atoms with Crippen LogP contribution in [0.5, 0.6) is 5.75 Å². The molecule has 2 aromatic rings. The number of likely N-dealkylation sites (N-methyl/N-ethyl adjacent to an activating group) is 1. The molecular weight excluding hydrogens is 246 g/mol. The number of ether oxygens (including phenoxy) is 1. The van der Waals surface area contributed by atoms with Gasteiger partial charge >= 0.3 is 0 Å². The molecule has 0 bridgehead atoms. The molecule has 0 aliphatic heterocycles. The van der Waals surface area contributed by atoms with Gasteiger partial charge in [0.25, 0.3) is 5.69 Å². The fraction of sp³-hybridized carbons (Fsp3) is 0.308. The maximum Gasteiger partial charge on any atom is 0.279 e. The van der Waals surface area contributed by atoms with Crippen molar-refractivity contribution in [1.82, 2.24) is 10.3 Å². The normalized spacial score (nSPS) is 10.6. The lowest BCUT2D eigenvalue weighted by Crippen LogP contribution is -2.16. The number of benzene rings is 1. The lowest BCUT2D eigenvalue weighted by molar-refractivity contribution is -0.383. The summed E-state index contributed by atoms with van der Waals surface area (Å²) in [5.41, 5.74) is 0.843. The fourth-order valence-electron chi connectivity index (χ4n) is 1.85. The first kappa shape index (κ1) is 13.2. The summed E-state index contributed by atoms with van der Waals surface area (Å²) in [5.74, 6) is 0.640. The van der Waals surface area contributed by atoms with Crippen LogP contribution in [0.1, 0.15) is 5.69 Å². The Morgan fingerprint density at radius 2 is 2.21 bits per heavy atom. The van der Waals surface area contributed by atoms with Crippen molar-refractivity contribution >= 4 is 16.5 Å². The van der Waals surface area contributed by atoms with Gasteiger partial charge in [-0.3, -0.25) is 15.1 Å². The van der Waals surface area contributed by atoms with Crippen molar-refractivity contribution in [2.75, 3.05) is 20.2 Å². The molecule has 0 spiro atoms. The predicted molar refractivity (Wildman–Crippen MR) is 72.6 cm³/mol. The molecule has 0 amide bonds. The Hall–Kier alpha value is -2.21. The van der Waals surface area contributed by atoms with Crippen molar-refractivity contribution < 1.29 is 9.66 Å². The Kier molecular flexibility index (Phi) is 3.91. The lowest BCUT2D eigenvalue weighted by Gasteiger charge is -2.09. The molecule has 0 aliphatic rings. The number of aromatic nitrogens is 1. The number of non-ortho nitro benzene ring substituents is 1. The van der Waals surface area contributed by atoms with Gasteiger partial charge in [-0.2, -0.15) is 0 Å². The number of aryl methyl sites for hydroxylation is 1. The molecule has 6 heteroatoms. The van der Waals surface area contributed by atoms with Gasteiger partial charge in [-0.1, -0.05) is 0 Å². The second-order valence-electron chi connectivity index (χ2n) is 4.16. The lowest BCUT2D eigenvalue weighted by atomic mass is 10.1. The predicted octanol–water partition coefficient (Wildman–Crippen LogP) is 2.05. The van der Waals surface area contributed by atoms with Crippen molar-refractivity contribution in [3.05, 3.63) is 40.2 Å². The number of nitrogens with zero attached hydrogens (tertiary/aromatic N) is 2. The molecule has 19 heavy (non-hydrogen) atoms. The highest BCUT2D eigenvalue weighted by Crippen LogP contribution is 2.32. The van der Waals surface area contributed by atoms with E-state index >= 15 is 0 Å². The average Bonchev–Trinajstić information content (AvgIpc) is 2.38. The van der Waals surface area contributed by atoms with Crippen molar-refractivity contribution in [1.29, 1.82) is 0 Å². The molecule has 0 saturated heterocycles. The van der Waals surface area contributed by atoms with E-state index in [-0.39, 0.29) is 5.69 Å². The van der Waals surface area contributed by atoms with E-state index in [1.54, 1.807) is 12.1 Å². The number of hydrogen-bond donors (Lipinski definition) is 1. The summed E-state index contributed by atoms with van der Waals surface area (Å²) in [6.45, 7) is 3.06. The maximum absolute atomic E-state index is 11.0. The Morgan fingerprint density at radius 1 is 1.42 bits per heavy atom. The number of pyridine rings is 1. The quantitative estimate of drug-likeness (QED) is 0.506. The number of fused-ring (bicyclic) bond motifs is 1. The summed E-state index contributed by atoms with van der Waals surface area (Å²) in [7, 11) is 1.84. The standard InChI is InChI=1S/C13H15N3O3/c1-9-7-10-11(8-15-9)12(16(17)18)3-4-13(10)19-6-5-14-2/h3-4,7-8,14H,5-6H2,1-2H3. The van der Waals surface area contributed by atoms with Crippen LogP contribution in [0.15, 0.2) is 24.4 Å². The maximum atomic E-state index is 11.0. The van der Waals surface area contributed by atoms with E-state index in [1.165, 1.54) is 12.3 Å². The van der Waals surface area contributed by atoms with E-state index in [0.29, 0.717) is 24.3 Å². The summed E-state index contributed by atoms with van der Waals surface area (Å²) < 4.78 is 5.64. The van der Waals surface area contributed by atoms with Crippen LogP contribution in [0.4, 0.5) is 5.69 Å². The molecule has 1 aromatic heterocycles. The molecule has 0 unspecified atom stereocenters. The number of nitro benzene ring substituents is 1. The van der Waals surface area contributed by atoms with E-state index in [1.807, 2.05) is 14.0 Å². The van der Waals surface area contributed by atoms with Crippen LogP contribution in [0.3, 0.4) is 0 Å². The Balaban J connectivity index is 2.50. The SMILES string of the molecule is CNCCOc1ccc([N+](=O)[O-])c2cnc(C)cc12. The van der Waals surface area contributed by atoms with E-state index in [4.69, 9.17) is 4.74 Å². The van der Waals surface area contributed by atoms with Gasteiger partial charge in [0, 0.05) is 29.9 Å². The summed E-state index contributed by atoms with van der Waals surface area (Å²) in [6, 6.07) is 4.89. The Morgan fingerprint density at radius 3 is 2.89 bits per heavy atom. The van der Waals surface area contributed by atoms with E-state index < -0.39 is 4.92 Å². The van der Waals surface area contributed by atoms with Gasteiger partial charge in [-0.05, 0) is 26.1 Å². The zero-order valence-corrected chi connectivity index (χ0v) is 10.8. The monoisotopic (exact) mass is 261 g/mol. The minimum absolute atomic E-state index is 0.0449. The third-order valence-electron chi connectivity index (χ3n) is 2.78. The van der Waals surface area contributed by atoms with Gasteiger partial charge in [-0.25, -0.2) is 0 Å². The molecule has 1 heterocycles. The largest absolute Gasteiger partial charge is 0.492 e. The van der Waals surface area contributed by atoms with Crippen molar-refractivity contribution in [3.63, 3.8) is 0 Å². The molecule has 1 N–H and O–H groups in total. The van der Waals surface area contributed by atoms with Gasteiger partial charge in [0.2, 0.25) is 0 Å². The van der Waals surface area contributed by atoms with Crippen LogP contribution in [-0.4, -0.2) is 30.1 Å². The van der Waals surface area contributed by atoms with E-state index in [9.17, 15) is 10.1 Å². The summed E-state index contributed by atoms with van der Waals surface area (Å²) >= 11 is 0. The molecule has 1 aromatic carbocycles. The smallest absolute Gasteiger partial charge is 0.279 e. The highest BCUT2D eigenvalue weighted by Gasteiger charge is 2.15. The highest BCUT2D eigenvalue weighted by atomic mass is 16.6. The van der Waals surface area contributed by atoms with Crippen LogP contribution < -0.4 is 10.1 Å².